The van der Waals surface area contributed by atoms with Gasteiger partial charge in [-0.05, 0) is 56.4 Å². The van der Waals surface area contributed by atoms with Gasteiger partial charge in [0, 0.05) is 5.02 Å². The minimum absolute atomic E-state index is 0.0976. The van der Waals surface area contributed by atoms with Crippen molar-refractivity contribution in [2.75, 3.05) is 0 Å². The second-order valence-electron chi connectivity index (χ2n) is 5.19. The van der Waals surface area contributed by atoms with E-state index in [4.69, 9.17) is 21.1 Å². The van der Waals surface area contributed by atoms with E-state index in [1.54, 1.807) is 24.3 Å². The molecule has 0 aromatic heterocycles. The number of hydrogen-bond donors (Lipinski definition) is 0. The van der Waals surface area contributed by atoms with E-state index < -0.39 is 6.10 Å². The summed E-state index contributed by atoms with van der Waals surface area (Å²) in [4.78, 5) is 12.2. The van der Waals surface area contributed by atoms with Crippen molar-refractivity contribution in [2.24, 2.45) is 0 Å². The first kappa shape index (κ1) is 15.2. The van der Waals surface area contributed by atoms with E-state index in [0.717, 1.165) is 32.1 Å². The highest BCUT2D eigenvalue weighted by Gasteiger charge is 2.28. The van der Waals surface area contributed by atoms with Crippen molar-refractivity contribution in [1.29, 1.82) is 0 Å². The predicted octanol–water partition coefficient (Wildman–Crippen LogP) is 4.37. The molecular formula is C16H21ClO3. The van der Waals surface area contributed by atoms with Crippen LogP contribution in [0.4, 0.5) is 0 Å². The zero-order valence-corrected chi connectivity index (χ0v) is 12.6. The van der Waals surface area contributed by atoms with Gasteiger partial charge >= 0.3 is 5.97 Å². The lowest BCUT2D eigenvalue weighted by atomic mass is 9.96. The Morgan fingerprint density at radius 2 is 2.05 bits per heavy atom. The average Bonchev–Trinajstić information content (AvgIpc) is 2.40. The highest BCUT2D eigenvalue weighted by molar-refractivity contribution is 6.30. The molecule has 0 saturated heterocycles. The normalized spacial score (nSPS) is 16.3. The number of hydrogen-bond acceptors (Lipinski definition) is 3. The minimum Gasteiger partial charge on any atom is -0.479 e. The fourth-order valence-corrected chi connectivity index (χ4v) is 2.15. The van der Waals surface area contributed by atoms with Crippen molar-refractivity contribution in [3.8, 4) is 5.75 Å². The second kappa shape index (κ2) is 7.53. The molecule has 110 valence electrons. The Morgan fingerprint density at radius 1 is 1.35 bits per heavy atom. The molecule has 0 unspecified atom stereocenters. The van der Waals surface area contributed by atoms with Gasteiger partial charge < -0.3 is 9.47 Å². The van der Waals surface area contributed by atoms with E-state index in [9.17, 15) is 4.79 Å². The predicted molar refractivity (Wildman–Crippen MR) is 79.1 cm³/mol. The van der Waals surface area contributed by atoms with E-state index in [-0.39, 0.29) is 12.1 Å². The van der Waals surface area contributed by atoms with Crippen molar-refractivity contribution in [1.82, 2.24) is 0 Å². The van der Waals surface area contributed by atoms with E-state index in [0.29, 0.717) is 17.2 Å². The second-order valence-corrected chi connectivity index (χ2v) is 5.63. The quantitative estimate of drug-likeness (QED) is 0.701. The van der Waals surface area contributed by atoms with Crippen LogP contribution >= 0.6 is 11.6 Å². The molecule has 0 N–H and O–H groups in total. The summed E-state index contributed by atoms with van der Waals surface area (Å²) in [6.45, 7) is 2.09. The minimum atomic E-state index is -0.517. The Labute approximate surface area is 125 Å². The molecule has 1 aliphatic carbocycles. The van der Waals surface area contributed by atoms with Crippen LogP contribution in [-0.2, 0) is 9.53 Å². The molecule has 1 atom stereocenters. The molecular weight excluding hydrogens is 276 g/mol. The van der Waals surface area contributed by atoms with E-state index in [2.05, 4.69) is 6.92 Å². The molecule has 1 aliphatic rings. The van der Waals surface area contributed by atoms with Gasteiger partial charge in [0.1, 0.15) is 11.9 Å². The highest BCUT2D eigenvalue weighted by atomic mass is 35.5. The van der Waals surface area contributed by atoms with Gasteiger partial charge in [0.25, 0.3) is 0 Å². The van der Waals surface area contributed by atoms with Crippen LogP contribution in [0.5, 0.6) is 5.75 Å². The highest BCUT2D eigenvalue weighted by Crippen LogP contribution is 2.24. The number of rotatable bonds is 7. The van der Waals surface area contributed by atoms with Gasteiger partial charge in [0.05, 0.1) is 0 Å². The zero-order chi connectivity index (χ0) is 14.4. The molecule has 0 heterocycles. The van der Waals surface area contributed by atoms with Crippen LogP contribution in [0.2, 0.25) is 5.02 Å². The Hall–Kier alpha value is -1.22. The molecule has 1 aromatic rings. The SMILES string of the molecule is CCCC[C@H](Oc1ccc(Cl)cc1)C(=O)OC1CCC1. The molecule has 4 heteroatoms. The third kappa shape index (κ3) is 4.41. The van der Waals surface area contributed by atoms with Crippen molar-refractivity contribution in [3.63, 3.8) is 0 Å². The summed E-state index contributed by atoms with van der Waals surface area (Å²) in [5, 5.41) is 0.652. The van der Waals surface area contributed by atoms with Gasteiger partial charge in [-0.25, -0.2) is 4.79 Å². The third-order valence-electron chi connectivity index (χ3n) is 3.51. The number of halogens is 1. The average molecular weight is 297 g/mol. The lowest BCUT2D eigenvalue weighted by molar-refractivity contribution is -0.161. The summed E-state index contributed by atoms with van der Waals surface area (Å²) in [5.74, 6) is 0.416. The largest absolute Gasteiger partial charge is 0.479 e. The number of benzene rings is 1. The maximum Gasteiger partial charge on any atom is 0.347 e. The van der Waals surface area contributed by atoms with Crippen LogP contribution in [0, 0.1) is 0 Å². The smallest absolute Gasteiger partial charge is 0.347 e. The molecule has 0 radical (unpaired) electrons. The summed E-state index contributed by atoms with van der Waals surface area (Å²) in [6, 6.07) is 7.06. The molecule has 1 saturated carbocycles. The first-order chi connectivity index (χ1) is 9.69. The van der Waals surface area contributed by atoms with Gasteiger partial charge in [-0.1, -0.05) is 24.9 Å². The molecule has 1 aromatic carbocycles. The van der Waals surface area contributed by atoms with Gasteiger partial charge in [0.2, 0.25) is 0 Å². The van der Waals surface area contributed by atoms with Crippen molar-refractivity contribution in [2.45, 2.75) is 57.7 Å². The third-order valence-corrected chi connectivity index (χ3v) is 3.76. The molecule has 0 spiro atoms. The molecule has 0 bridgehead atoms. The maximum atomic E-state index is 12.2. The molecule has 3 nitrogen and oxygen atoms in total. The number of esters is 1. The van der Waals surface area contributed by atoms with Gasteiger partial charge in [-0.15, -0.1) is 0 Å². The number of carbonyl (C=O) groups is 1. The molecule has 20 heavy (non-hydrogen) atoms. The lowest BCUT2D eigenvalue weighted by Crippen LogP contribution is -2.35. The summed E-state index contributed by atoms with van der Waals surface area (Å²) in [5.41, 5.74) is 0. The van der Waals surface area contributed by atoms with Crippen molar-refractivity contribution in [3.05, 3.63) is 29.3 Å². The monoisotopic (exact) mass is 296 g/mol. The van der Waals surface area contributed by atoms with Crippen molar-refractivity contribution >= 4 is 17.6 Å². The number of carbonyl (C=O) groups excluding carboxylic acids is 1. The summed E-state index contributed by atoms with van der Waals surface area (Å²) < 4.78 is 11.2. The van der Waals surface area contributed by atoms with Crippen LogP contribution in [0.3, 0.4) is 0 Å². The molecule has 0 aliphatic heterocycles. The summed E-state index contributed by atoms with van der Waals surface area (Å²) in [6.07, 6.45) is 5.34. The Balaban J connectivity index is 1.94. The van der Waals surface area contributed by atoms with Crippen molar-refractivity contribution < 1.29 is 14.3 Å². The van der Waals surface area contributed by atoms with E-state index in [1.807, 2.05) is 0 Å². The fraction of sp³-hybridized carbons (Fsp3) is 0.562. The first-order valence-electron chi connectivity index (χ1n) is 7.31. The Bertz CT molecular complexity index is 426. The number of unbranched alkanes of at least 4 members (excludes halogenated alkanes) is 1. The summed E-state index contributed by atoms with van der Waals surface area (Å²) in [7, 11) is 0. The van der Waals surface area contributed by atoms with Gasteiger partial charge in [-0.3, -0.25) is 0 Å². The van der Waals surface area contributed by atoms with Gasteiger partial charge in [0.15, 0.2) is 6.10 Å². The maximum absolute atomic E-state index is 12.2. The van der Waals surface area contributed by atoms with Crippen LogP contribution in [0.1, 0.15) is 45.4 Å². The number of ether oxygens (including phenoxy) is 2. The molecule has 1 fully saturated rings. The lowest BCUT2D eigenvalue weighted by Gasteiger charge is -2.27. The molecule has 2 rings (SSSR count). The van der Waals surface area contributed by atoms with Crippen LogP contribution in [-0.4, -0.2) is 18.2 Å². The summed E-state index contributed by atoms with van der Waals surface area (Å²) >= 11 is 5.84. The molecule has 0 amide bonds. The topological polar surface area (TPSA) is 35.5 Å². The van der Waals surface area contributed by atoms with Gasteiger partial charge in [-0.2, -0.15) is 0 Å². The first-order valence-corrected chi connectivity index (χ1v) is 7.69. The van der Waals surface area contributed by atoms with E-state index in [1.165, 1.54) is 0 Å². The van der Waals surface area contributed by atoms with E-state index >= 15 is 0 Å². The van der Waals surface area contributed by atoms with Crippen LogP contribution in [0.25, 0.3) is 0 Å². The van der Waals surface area contributed by atoms with Crippen LogP contribution in [0.15, 0.2) is 24.3 Å². The standard InChI is InChI=1S/C16H21ClO3/c1-2-3-7-15(16(18)20-13-5-4-6-13)19-14-10-8-12(17)9-11-14/h8-11,13,15H,2-7H2,1H3/t15-/m0/s1. The zero-order valence-electron chi connectivity index (χ0n) is 11.8. The van der Waals surface area contributed by atoms with Crippen LogP contribution < -0.4 is 4.74 Å². The Morgan fingerprint density at radius 3 is 2.60 bits per heavy atom. The Kier molecular flexibility index (Phi) is 5.72. The fourth-order valence-electron chi connectivity index (χ4n) is 2.02.